The molecule has 126 valence electrons. The highest BCUT2D eigenvalue weighted by atomic mass is 16.5. The van der Waals surface area contributed by atoms with Gasteiger partial charge in [-0.3, -0.25) is 4.79 Å². The van der Waals surface area contributed by atoms with E-state index in [4.69, 9.17) is 4.74 Å². The Balaban J connectivity index is 1.68. The van der Waals surface area contributed by atoms with E-state index in [1.807, 2.05) is 31.2 Å². The monoisotopic (exact) mass is 326 g/mol. The van der Waals surface area contributed by atoms with Crippen LogP contribution in [0.2, 0.25) is 0 Å². The molecule has 1 aliphatic heterocycles. The van der Waals surface area contributed by atoms with Gasteiger partial charge in [-0.05, 0) is 31.2 Å². The van der Waals surface area contributed by atoms with Gasteiger partial charge >= 0.3 is 0 Å². The number of rotatable bonds is 5. The second-order valence-corrected chi connectivity index (χ2v) is 5.52. The molecule has 6 nitrogen and oxygen atoms in total. The molecule has 1 saturated heterocycles. The van der Waals surface area contributed by atoms with Gasteiger partial charge in [-0.15, -0.1) is 0 Å². The molecule has 0 bridgehead atoms. The summed E-state index contributed by atoms with van der Waals surface area (Å²) in [6.07, 6.45) is 1.80. The molecule has 0 aliphatic carbocycles. The van der Waals surface area contributed by atoms with Gasteiger partial charge in [0.2, 0.25) is 0 Å². The molecule has 1 aromatic carbocycles. The maximum absolute atomic E-state index is 12.4. The van der Waals surface area contributed by atoms with Crippen LogP contribution in [-0.4, -0.2) is 43.7 Å². The number of nitrogens with zero attached hydrogens (tertiary/aromatic N) is 2. The Hall–Kier alpha value is -2.60. The van der Waals surface area contributed by atoms with Gasteiger partial charge in [0.1, 0.15) is 11.6 Å². The number of para-hydroxylation sites is 1. The van der Waals surface area contributed by atoms with Crippen LogP contribution in [0.4, 0.5) is 11.5 Å². The third-order valence-corrected chi connectivity index (χ3v) is 3.90. The second kappa shape index (κ2) is 7.79. The van der Waals surface area contributed by atoms with E-state index < -0.39 is 0 Å². The van der Waals surface area contributed by atoms with Gasteiger partial charge in [0, 0.05) is 26.2 Å². The number of aromatic nitrogens is 1. The second-order valence-electron chi connectivity index (χ2n) is 5.52. The Morgan fingerprint density at radius 2 is 2.04 bits per heavy atom. The average Bonchev–Trinajstić information content (AvgIpc) is 2.64. The highest BCUT2D eigenvalue weighted by Gasteiger charge is 2.14. The third-order valence-electron chi connectivity index (χ3n) is 3.90. The summed E-state index contributed by atoms with van der Waals surface area (Å²) in [5, 5.41) is 6.15. The fraction of sp³-hybridized carbons (Fsp3) is 0.333. The molecule has 0 spiro atoms. The number of benzene rings is 1. The van der Waals surface area contributed by atoms with E-state index in [9.17, 15) is 4.79 Å². The average molecular weight is 326 g/mol. The molecule has 0 unspecified atom stereocenters. The fourth-order valence-corrected chi connectivity index (χ4v) is 2.69. The number of anilines is 2. The molecule has 6 heteroatoms. The number of pyridine rings is 1. The van der Waals surface area contributed by atoms with E-state index in [0.29, 0.717) is 23.7 Å². The number of piperazine rings is 1. The summed E-state index contributed by atoms with van der Waals surface area (Å²) >= 11 is 0. The number of nitrogens with one attached hydrogen (secondary N) is 2. The van der Waals surface area contributed by atoms with Crippen molar-refractivity contribution in [1.82, 2.24) is 10.3 Å². The fourth-order valence-electron chi connectivity index (χ4n) is 2.69. The summed E-state index contributed by atoms with van der Waals surface area (Å²) in [7, 11) is 0. The predicted molar refractivity (Wildman–Crippen MR) is 94.9 cm³/mol. The van der Waals surface area contributed by atoms with E-state index in [1.54, 1.807) is 18.3 Å². The maximum atomic E-state index is 12.4. The number of hydrogen-bond acceptors (Lipinski definition) is 5. The molecule has 2 aromatic rings. The highest BCUT2D eigenvalue weighted by Crippen LogP contribution is 2.20. The first-order valence-corrected chi connectivity index (χ1v) is 8.23. The standard InChI is InChI=1S/C18H22N4O2/c1-2-24-16-6-4-3-5-15(16)18(23)21-17-8-7-14(13-20-17)22-11-9-19-10-12-22/h3-8,13,19H,2,9-12H2,1H3,(H,20,21,23). The van der Waals surface area contributed by atoms with E-state index in [2.05, 4.69) is 20.5 Å². The van der Waals surface area contributed by atoms with Crippen LogP contribution in [0.5, 0.6) is 5.75 Å². The Kier molecular flexibility index (Phi) is 5.28. The number of ether oxygens (including phenoxy) is 1. The Morgan fingerprint density at radius 1 is 1.25 bits per heavy atom. The van der Waals surface area contributed by atoms with Crippen LogP contribution in [0.25, 0.3) is 0 Å². The molecule has 0 saturated carbocycles. The number of amides is 1. The topological polar surface area (TPSA) is 66.5 Å². The van der Waals surface area contributed by atoms with Crippen LogP contribution >= 0.6 is 0 Å². The van der Waals surface area contributed by atoms with E-state index in [0.717, 1.165) is 31.9 Å². The normalized spacial score (nSPS) is 14.3. The van der Waals surface area contributed by atoms with Crippen LogP contribution in [0, 0.1) is 0 Å². The van der Waals surface area contributed by atoms with E-state index in [1.165, 1.54) is 0 Å². The molecule has 24 heavy (non-hydrogen) atoms. The minimum Gasteiger partial charge on any atom is -0.493 e. The first-order valence-electron chi connectivity index (χ1n) is 8.23. The molecular formula is C18H22N4O2. The predicted octanol–water partition coefficient (Wildman–Crippen LogP) is 2.14. The summed E-state index contributed by atoms with van der Waals surface area (Å²) < 4.78 is 5.50. The molecule has 1 aliphatic rings. The lowest BCUT2D eigenvalue weighted by Gasteiger charge is -2.29. The van der Waals surface area contributed by atoms with Gasteiger partial charge in [-0.1, -0.05) is 12.1 Å². The van der Waals surface area contributed by atoms with Gasteiger partial charge in [0.25, 0.3) is 5.91 Å². The molecule has 2 heterocycles. The van der Waals surface area contributed by atoms with Crippen molar-refractivity contribution < 1.29 is 9.53 Å². The van der Waals surface area contributed by atoms with Gasteiger partial charge in [0.05, 0.1) is 24.1 Å². The lowest BCUT2D eigenvalue weighted by molar-refractivity contribution is 0.102. The molecular weight excluding hydrogens is 304 g/mol. The van der Waals surface area contributed by atoms with Crippen molar-refractivity contribution in [2.75, 3.05) is 43.0 Å². The molecule has 0 atom stereocenters. The van der Waals surface area contributed by atoms with Crippen LogP contribution in [-0.2, 0) is 0 Å². The van der Waals surface area contributed by atoms with Crippen molar-refractivity contribution in [3.8, 4) is 5.75 Å². The molecule has 0 radical (unpaired) electrons. The van der Waals surface area contributed by atoms with Gasteiger partial charge in [0.15, 0.2) is 0 Å². The summed E-state index contributed by atoms with van der Waals surface area (Å²) in [5.74, 6) is 0.890. The van der Waals surface area contributed by atoms with Gasteiger partial charge < -0.3 is 20.3 Å². The zero-order chi connectivity index (χ0) is 16.8. The first kappa shape index (κ1) is 16.3. The summed E-state index contributed by atoms with van der Waals surface area (Å²) in [4.78, 5) is 19.1. The van der Waals surface area contributed by atoms with Crippen molar-refractivity contribution in [2.24, 2.45) is 0 Å². The molecule has 1 amide bonds. The minimum absolute atomic E-state index is 0.221. The Bertz CT molecular complexity index is 682. The number of carbonyl (C=O) groups is 1. The van der Waals surface area contributed by atoms with Crippen LogP contribution in [0.1, 0.15) is 17.3 Å². The van der Waals surface area contributed by atoms with Gasteiger partial charge in [-0.2, -0.15) is 0 Å². The Morgan fingerprint density at radius 3 is 2.75 bits per heavy atom. The van der Waals surface area contributed by atoms with Crippen molar-refractivity contribution in [2.45, 2.75) is 6.92 Å². The lowest BCUT2D eigenvalue weighted by atomic mass is 10.2. The Labute approximate surface area is 141 Å². The van der Waals surface area contributed by atoms with Crippen LogP contribution in [0.3, 0.4) is 0 Å². The zero-order valence-corrected chi connectivity index (χ0v) is 13.8. The zero-order valence-electron chi connectivity index (χ0n) is 13.8. The molecule has 1 fully saturated rings. The van der Waals surface area contributed by atoms with Crippen molar-refractivity contribution in [3.63, 3.8) is 0 Å². The van der Waals surface area contributed by atoms with Gasteiger partial charge in [-0.25, -0.2) is 4.98 Å². The van der Waals surface area contributed by atoms with Crippen molar-refractivity contribution in [1.29, 1.82) is 0 Å². The maximum Gasteiger partial charge on any atom is 0.260 e. The quantitative estimate of drug-likeness (QED) is 0.881. The van der Waals surface area contributed by atoms with Crippen LogP contribution < -0.4 is 20.3 Å². The minimum atomic E-state index is -0.221. The lowest BCUT2D eigenvalue weighted by Crippen LogP contribution is -2.43. The highest BCUT2D eigenvalue weighted by molar-refractivity contribution is 6.05. The van der Waals surface area contributed by atoms with E-state index >= 15 is 0 Å². The molecule has 1 aromatic heterocycles. The van der Waals surface area contributed by atoms with Crippen LogP contribution in [0.15, 0.2) is 42.6 Å². The number of carbonyl (C=O) groups excluding carboxylic acids is 1. The van der Waals surface area contributed by atoms with Crippen molar-refractivity contribution >= 4 is 17.4 Å². The van der Waals surface area contributed by atoms with E-state index in [-0.39, 0.29) is 5.91 Å². The SMILES string of the molecule is CCOc1ccccc1C(=O)Nc1ccc(N2CCNCC2)cn1. The molecule has 2 N–H and O–H groups in total. The third kappa shape index (κ3) is 3.83. The smallest absolute Gasteiger partial charge is 0.260 e. The first-order chi connectivity index (χ1) is 11.8. The summed E-state index contributed by atoms with van der Waals surface area (Å²) in [6.45, 7) is 6.30. The largest absolute Gasteiger partial charge is 0.493 e. The number of hydrogen-bond donors (Lipinski definition) is 2. The summed E-state index contributed by atoms with van der Waals surface area (Å²) in [6, 6.07) is 11.0. The van der Waals surface area contributed by atoms with Crippen molar-refractivity contribution in [3.05, 3.63) is 48.2 Å². The molecule has 3 rings (SSSR count). The summed E-state index contributed by atoms with van der Waals surface area (Å²) in [5.41, 5.74) is 1.58.